The molecule has 2 saturated heterocycles. The number of amides is 3. The van der Waals surface area contributed by atoms with Crippen LogP contribution in [-0.4, -0.2) is 178 Å². The molecule has 0 radical (unpaired) electrons. The molecule has 8 rings (SSSR count). The fourth-order valence-corrected chi connectivity index (χ4v) is 12.0. The van der Waals surface area contributed by atoms with Gasteiger partial charge in [-0.05, 0) is 162 Å². The van der Waals surface area contributed by atoms with Gasteiger partial charge in [0.15, 0.2) is 0 Å². The average molecular weight is 2290 g/mol. The van der Waals surface area contributed by atoms with Gasteiger partial charge in [-0.2, -0.15) is 13.5 Å². The van der Waals surface area contributed by atoms with Crippen molar-refractivity contribution in [2.75, 3.05) is 71.3 Å². The SMILES string of the molecule is CC(C)(C)OC(=O)N1C[C@H](F)C[C@H]1C(=O)O.COCc1ccc(Br)[n+](O)c1.COCc1ccc(Br)nc1.COCc1ccc(Br)nc1N.COCc1ccc(Br)nc1NC(=O)[C@@H]1C[C@@H](F)CN1C(=O)OC(C)(C)C.COCc1ccc(Br)nc1NC(C)(C)C.CS(=O)(=O)Cl.Cl.Cn1ccnc1.S.S=S.S=S=S.S=S=S=S.S=S=S=S=S. The van der Waals surface area contributed by atoms with Gasteiger partial charge in [0.1, 0.15) is 71.5 Å². The van der Waals surface area contributed by atoms with Crippen molar-refractivity contribution >= 4 is 310 Å². The van der Waals surface area contributed by atoms with E-state index in [1.54, 1.807) is 113 Å². The highest BCUT2D eigenvalue weighted by atomic mass is 79.9. The van der Waals surface area contributed by atoms with Crippen molar-refractivity contribution < 1.29 is 84.6 Å². The zero-order valence-corrected chi connectivity index (χ0v) is 87.9. The van der Waals surface area contributed by atoms with E-state index in [0.717, 1.165) is 71.5 Å². The molecule has 0 bridgehead atoms. The summed E-state index contributed by atoms with van der Waals surface area (Å²) in [7, 11) is 18.6. The summed E-state index contributed by atoms with van der Waals surface area (Å²) < 4.78 is 87.5. The number of nitrogens with one attached hydrogen (secondary N) is 2. The number of aryl methyl sites for hydroxylation is 1. The van der Waals surface area contributed by atoms with E-state index in [1.807, 2.05) is 60.3 Å². The monoisotopic (exact) mass is 2280 g/mol. The summed E-state index contributed by atoms with van der Waals surface area (Å²) in [6, 6.07) is 16.6. The van der Waals surface area contributed by atoms with Gasteiger partial charge in [-0.15, -0.1) is 12.4 Å². The van der Waals surface area contributed by atoms with Gasteiger partial charge in [-0.1, -0.05) is 24.3 Å². The molecule has 0 saturated carbocycles. The number of methoxy groups -OCH3 is 5. The number of aliphatic carboxylic acids is 1. The van der Waals surface area contributed by atoms with E-state index in [4.69, 9.17) is 49.2 Å². The second kappa shape index (κ2) is 71.2. The molecule has 2 aliphatic heterocycles. The summed E-state index contributed by atoms with van der Waals surface area (Å²) in [6.07, 6.45) is 5.36. The second-order valence-electron chi connectivity index (χ2n) is 24.8. The summed E-state index contributed by atoms with van der Waals surface area (Å²) >= 11 is 49.4. The van der Waals surface area contributed by atoms with E-state index < -0.39 is 68.7 Å². The van der Waals surface area contributed by atoms with Gasteiger partial charge in [0.05, 0.1) is 58.7 Å². The summed E-state index contributed by atoms with van der Waals surface area (Å²) in [5, 5.41) is 24.0. The second-order valence-corrected chi connectivity index (χ2v) is 42.5. The van der Waals surface area contributed by atoms with Crippen molar-refractivity contribution in [2.45, 2.75) is 149 Å². The van der Waals surface area contributed by atoms with Crippen LogP contribution in [0.2, 0.25) is 0 Å². The minimum Gasteiger partial charge on any atom is -0.480 e. The Kier molecular flexibility index (Phi) is 76.5. The number of rotatable bonds is 14. The lowest BCUT2D eigenvalue weighted by Crippen LogP contribution is -2.45. The van der Waals surface area contributed by atoms with E-state index in [2.05, 4.69) is 236 Å². The fraction of sp³-hybridized carbons (Fsp3) is 0.500. The van der Waals surface area contributed by atoms with Crippen LogP contribution in [0.5, 0.6) is 0 Å². The number of ether oxygens (including phenoxy) is 7. The van der Waals surface area contributed by atoms with E-state index >= 15 is 0 Å². The van der Waals surface area contributed by atoms with Crippen molar-refractivity contribution in [1.29, 1.82) is 0 Å². The van der Waals surface area contributed by atoms with Crippen LogP contribution in [0.15, 0.2) is 115 Å². The predicted octanol–water partition coefficient (Wildman–Crippen LogP) is 13.7. The Balaban J connectivity index is -0.000000300. The van der Waals surface area contributed by atoms with Crippen LogP contribution in [0.3, 0.4) is 0 Å². The number of hydrogen-bond donors (Lipinski definition) is 5. The number of nitrogens with zero attached hydrogens (tertiary/aromatic N) is 9. The predicted molar refractivity (Wildman–Crippen MR) is 514 cm³/mol. The van der Waals surface area contributed by atoms with Crippen molar-refractivity contribution in [3.63, 3.8) is 0 Å². The maximum Gasteiger partial charge on any atom is 0.411 e. The topological polar surface area (TPSA) is 337 Å². The standard InChI is InChI=1S/C17H23BrFN3O4.C11H17BrN2O.C10H16FNO4.C7H9BrN2O.C7H9BrNO2.C7H8BrNO.C4H6N2.CH3ClO2S.ClH.S5.S4.S3.S2.H2S/c1-17(2,3)26-16(24)22-8-11(19)7-12(22)15(23)21-14-10(9-25-4)5-6-13(18)20-14;1-11(2,3)14-10-8(7-15-4)5-6-9(12)13-10;1-10(2,3)16-9(15)12-5-6(11)4-7(12)8(13)14;1-11-4-5-2-3-6(8)10-7(5)9;1-11-5-6-2-3-7(8)9(10)4-6;1-10-5-6-2-3-7(8)9-4-6;1-6-3-2-5-4-6;1-5(2,3)4;;1-3-5-4-2;1-3-4-2;1-3-2;1-2;/h5-6,11-12H,7-9H2,1-4H3,(H,20,21,23);5-6H,7H2,1-4H3,(H,13,14);6-7H,4-5H2,1-3H3,(H,13,14);2-3H,4H2,1H3,(H2,9,10);2-4,10H,5H2,1H3;2-4H,5H2,1H3;2-4H,1H3;1H3;1H;;;;;1H2/q;;;;+1;;;;;;;;;/t11-,12+;;6-,7+;;;;;;;;;;;/m1.1.........../s1. The van der Waals surface area contributed by atoms with Crippen LogP contribution in [0, 0.1) is 0 Å². The summed E-state index contributed by atoms with van der Waals surface area (Å²) in [4.78, 5) is 69.9. The molecule has 6 aromatic heterocycles. The van der Waals surface area contributed by atoms with Crippen LogP contribution < -0.4 is 21.1 Å². The molecular formula is C64H94Br5Cl2F2N12O15S16+. The first-order chi connectivity index (χ1) is 53.2. The lowest BCUT2D eigenvalue weighted by atomic mass is 10.1. The number of imidazole rings is 1. The van der Waals surface area contributed by atoms with Gasteiger partial charge in [0.25, 0.3) is 4.60 Å². The molecule has 52 heteroatoms. The van der Waals surface area contributed by atoms with E-state index in [1.165, 1.54) is 51.5 Å². The molecule has 658 valence electrons. The summed E-state index contributed by atoms with van der Waals surface area (Å²) in [5.41, 5.74) is 8.80. The molecular weight excluding hydrogens is 2200 g/mol. The number of carboxylic acids is 1. The number of halogens is 9. The molecule has 8 heterocycles. The molecule has 0 aliphatic carbocycles. The summed E-state index contributed by atoms with van der Waals surface area (Å²) in [5.74, 6) is -0.0254. The normalized spacial score (nSPS) is 13.8. The van der Waals surface area contributed by atoms with Crippen molar-refractivity contribution in [1.82, 2.24) is 39.3 Å². The Bertz CT molecular complexity index is 4190. The van der Waals surface area contributed by atoms with Crippen LogP contribution >= 0.6 is 116 Å². The van der Waals surface area contributed by atoms with Gasteiger partial charge in [0.2, 0.25) is 21.2 Å². The third-order valence-electron chi connectivity index (χ3n) is 11.9. The van der Waals surface area contributed by atoms with Gasteiger partial charge in [0, 0.05) is 282 Å². The molecule has 3 amide bonds. The van der Waals surface area contributed by atoms with Crippen molar-refractivity contribution in [2.24, 2.45) is 7.05 Å². The highest BCUT2D eigenvalue weighted by Gasteiger charge is 2.43. The molecule has 6 N–H and O–H groups in total. The zero-order valence-electron chi connectivity index (χ0n) is 65.2. The van der Waals surface area contributed by atoms with Crippen LogP contribution in [0.4, 0.5) is 35.8 Å². The Morgan fingerprint density at radius 3 is 1.37 bits per heavy atom. The zero-order chi connectivity index (χ0) is 88.5. The number of alkyl halides is 2. The number of hydrogen-bond acceptors (Lipinski definition) is 29. The summed E-state index contributed by atoms with van der Waals surface area (Å²) in [6.45, 7) is 18.5. The number of likely N-dealkylation sites (tertiary alicyclic amines) is 2. The smallest absolute Gasteiger partial charge is 0.411 e. The van der Waals surface area contributed by atoms with E-state index in [-0.39, 0.29) is 64.0 Å². The fourth-order valence-electron chi connectivity index (χ4n) is 7.86. The highest BCUT2D eigenvalue weighted by molar-refractivity contribution is 9.11. The van der Waals surface area contributed by atoms with Crippen molar-refractivity contribution in [3.8, 4) is 0 Å². The number of aromatic nitrogens is 7. The maximum atomic E-state index is 13.9. The molecule has 6 aromatic rings. The average Bonchev–Trinajstić information content (AvgIpc) is 1.66. The number of anilines is 3. The quantitative estimate of drug-likeness (QED) is 0.0293. The van der Waals surface area contributed by atoms with Gasteiger partial charge in [-0.3, -0.25) is 19.8 Å². The number of carbonyl (C=O) groups excluding carboxylic acids is 3. The lowest BCUT2D eigenvalue weighted by molar-refractivity contribution is -0.913. The number of nitrogens with two attached hydrogens (primary N) is 1. The molecule has 116 heavy (non-hydrogen) atoms. The molecule has 2 aliphatic rings. The Morgan fingerprint density at radius 1 is 0.638 bits per heavy atom. The van der Waals surface area contributed by atoms with Gasteiger partial charge < -0.3 is 59.2 Å². The minimum absolute atomic E-state index is 0. The number of nitrogen functional groups attached to an aromatic ring is 1. The first-order valence-corrected chi connectivity index (χ1v) is 51.7. The number of carboxylic acid groups (broad SMARTS) is 1. The molecule has 27 nitrogen and oxygen atoms in total. The highest BCUT2D eigenvalue weighted by Crippen LogP contribution is 2.28. The molecule has 0 unspecified atom stereocenters. The number of carbonyl (C=O) groups is 4. The molecule has 0 spiro atoms. The first kappa shape index (κ1) is 125. The van der Waals surface area contributed by atoms with E-state index in [0.29, 0.717) is 52.8 Å². The van der Waals surface area contributed by atoms with Crippen LogP contribution in [0.25, 0.3) is 0 Å². The molecule has 4 atom stereocenters. The largest absolute Gasteiger partial charge is 0.480 e. The lowest BCUT2D eigenvalue weighted by Gasteiger charge is -2.27. The van der Waals surface area contributed by atoms with E-state index in [9.17, 15) is 36.4 Å². The number of pyridine rings is 5. The maximum absolute atomic E-state index is 13.9. The van der Waals surface area contributed by atoms with Crippen LogP contribution in [0.1, 0.15) is 103 Å². The molecule has 2 fully saturated rings. The third kappa shape index (κ3) is 66.4. The first-order valence-electron chi connectivity index (χ1n) is 31.7. The Morgan fingerprint density at radius 2 is 1.03 bits per heavy atom. The third-order valence-corrected chi connectivity index (χ3v) is 21.0. The Labute approximate surface area is 794 Å². The van der Waals surface area contributed by atoms with Gasteiger partial charge in [-0.25, -0.2) is 56.5 Å². The Hall–Kier alpha value is -2.14. The minimum atomic E-state index is -3.19. The molecule has 0 aromatic carbocycles. The van der Waals surface area contributed by atoms with Crippen molar-refractivity contribution in [3.05, 3.63) is 143 Å². The van der Waals surface area contributed by atoms with Gasteiger partial charge >= 0.3 is 18.2 Å². The van der Waals surface area contributed by atoms with Crippen LogP contribution in [-0.2, 0) is 235 Å².